The summed E-state index contributed by atoms with van der Waals surface area (Å²) >= 11 is 0. The Hall–Kier alpha value is -1.70. The van der Waals surface area contributed by atoms with Gasteiger partial charge in [0.25, 0.3) is 0 Å². The number of benzene rings is 1. The van der Waals surface area contributed by atoms with E-state index in [2.05, 4.69) is 41.2 Å². The van der Waals surface area contributed by atoms with Crippen LogP contribution in [0.15, 0.2) is 36.7 Å². The van der Waals surface area contributed by atoms with Crippen LogP contribution in [0.4, 0.5) is 0 Å². The van der Waals surface area contributed by atoms with Crippen LogP contribution in [0.1, 0.15) is 75.3 Å². The minimum atomic E-state index is 0.752. The van der Waals surface area contributed by atoms with Gasteiger partial charge in [0.05, 0.1) is 0 Å². The van der Waals surface area contributed by atoms with E-state index < -0.39 is 0 Å². The standard InChI is InChI=1S/C24H32N2/c1-17-3-5-19(6-4-17)20-7-9-21(10-8-20)22-11-13-23(14-12-22)24-25-15-18(2)16-26-24/h11-17,19-21H,3-10H2,1-2H3. The molecule has 2 aromatic rings. The predicted molar refractivity (Wildman–Crippen MR) is 108 cm³/mol. The highest BCUT2D eigenvalue weighted by atomic mass is 14.9. The molecule has 2 aliphatic carbocycles. The fourth-order valence-corrected chi connectivity index (χ4v) is 5.13. The normalized spacial score (nSPS) is 29.5. The van der Waals surface area contributed by atoms with Gasteiger partial charge in [-0.25, -0.2) is 9.97 Å². The number of aromatic nitrogens is 2. The predicted octanol–water partition coefficient (Wildman–Crippen LogP) is 6.55. The first-order chi connectivity index (χ1) is 12.7. The average Bonchev–Trinajstić information content (AvgIpc) is 2.70. The Kier molecular flexibility index (Phi) is 5.38. The largest absolute Gasteiger partial charge is 0.236 e. The number of hydrogen-bond donors (Lipinski definition) is 0. The Morgan fingerprint density at radius 1 is 0.731 bits per heavy atom. The van der Waals surface area contributed by atoms with Crippen LogP contribution in [-0.2, 0) is 0 Å². The molecule has 0 radical (unpaired) electrons. The maximum atomic E-state index is 4.45. The number of rotatable bonds is 3. The van der Waals surface area contributed by atoms with E-state index in [1.807, 2.05) is 19.3 Å². The monoisotopic (exact) mass is 348 g/mol. The minimum absolute atomic E-state index is 0.752. The Bertz CT molecular complexity index is 688. The van der Waals surface area contributed by atoms with Gasteiger partial charge in [0.2, 0.25) is 0 Å². The minimum Gasteiger partial charge on any atom is -0.236 e. The molecule has 0 spiro atoms. The Morgan fingerprint density at radius 2 is 1.27 bits per heavy atom. The molecule has 2 nitrogen and oxygen atoms in total. The summed E-state index contributed by atoms with van der Waals surface area (Å²) in [6, 6.07) is 9.03. The third kappa shape index (κ3) is 4.00. The van der Waals surface area contributed by atoms with Gasteiger partial charge in [-0.1, -0.05) is 44.0 Å². The van der Waals surface area contributed by atoms with Crippen molar-refractivity contribution >= 4 is 0 Å². The van der Waals surface area contributed by atoms with E-state index in [1.165, 1.54) is 56.9 Å². The molecule has 0 amide bonds. The molecule has 2 fully saturated rings. The van der Waals surface area contributed by atoms with Gasteiger partial charge in [-0.2, -0.15) is 0 Å². The highest BCUT2D eigenvalue weighted by Crippen LogP contribution is 2.43. The van der Waals surface area contributed by atoms with Gasteiger partial charge in [0.1, 0.15) is 0 Å². The fraction of sp³-hybridized carbons (Fsp3) is 0.583. The van der Waals surface area contributed by atoms with Crippen molar-refractivity contribution in [1.29, 1.82) is 0 Å². The lowest BCUT2D eigenvalue weighted by Gasteiger charge is -2.37. The van der Waals surface area contributed by atoms with E-state index in [9.17, 15) is 0 Å². The van der Waals surface area contributed by atoms with E-state index in [-0.39, 0.29) is 0 Å². The summed E-state index contributed by atoms with van der Waals surface area (Å²) in [7, 11) is 0. The molecule has 0 unspecified atom stereocenters. The van der Waals surface area contributed by atoms with E-state index in [0.29, 0.717) is 0 Å². The van der Waals surface area contributed by atoms with E-state index >= 15 is 0 Å². The summed E-state index contributed by atoms with van der Waals surface area (Å²) in [6.07, 6.45) is 15.3. The summed E-state index contributed by atoms with van der Waals surface area (Å²) in [6.45, 7) is 4.45. The van der Waals surface area contributed by atoms with Crippen molar-refractivity contribution in [1.82, 2.24) is 9.97 Å². The Morgan fingerprint density at radius 3 is 1.85 bits per heavy atom. The van der Waals surface area contributed by atoms with Crippen LogP contribution in [0.3, 0.4) is 0 Å². The maximum absolute atomic E-state index is 4.45. The number of aryl methyl sites for hydroxylation is 1. The van der Waals surface area contributed by atoms with Crippen LogP contribution in [0.2, 0.25) is 0 Å². The van der Waals surface area contributed by atoms with Gasteiger partial charge in [-0.15, -0.1) is 0 Å². The van der Waals surface area contributed by atoms with Crippen molar-refractivity contribution in [2.75, 3.05) is 0 Å². The van der Waals surface area contributed by atoms with Crippen molar-refractivity contribution in [2.24, 2.45) is 17.8 Å². The second-order valence-electron chi connectivity index (χ2n) is 8.84. The molecule has 26 heavy (non-hydrogen) atoms. The molecular weight excluding hydrogens is 316 g/mol. The Labute approximate surface area is 158 Å². The summed E-state index contributed by atoms with van der Waals surface area (Å²) in [5, 5.41) is 0. The molecule has 2 heteroatoms. The van der Waals surface area contributed by atoms with Crippen LogP contribution in [0.5, 0.6) is 0 Å². The van der Waals surface area contributed by atoms with Gasteiger partial charge in [-0.05, 0) is 80.2 Å². The molecule has 0 bridgehead atoms. The van der Waals surface area contributed by atoms with E-state index in [1.54, 1.807) is 0 Å². The third-order valence-electron chi connectivity index (χ3n) is 6.92. The van der Waals surface area contributed by atoms with E-state index in [4.69, 9.17) is 0 Å². The first-order valence-corrected chi connectivity index (χ1v) is 10.6. The number of hydrogen-bond acceptors (Lipinski definition) is 2. The van der Waals surface area contributed by atoms with Gasteiger partial charge >= 0.3 is 0 Å². The fourth-order valence-electron chi connectivity index (χ4n) is 5.13. The SMILES string of the molecule is Cc1cnc(-c2ccc(C3CCC(C4CCC(C)CC4)CC3)cc2)nc1. The van der Waals surface area contributed by atoms with Gasteiger partial charge in [0.15, 0.2) is 5.82 Å². The molecule has 138 valence electrons. The third-order valence-corrected chi connectivity index (χ3v) is 6.92. The van der Waals surface area contributed by atoms with Crippen LogP contribution >= 0.6 is 0 Å². The molecule has 1 aromatic carbocycles. The lowest BCUT2D eigenvalue weighted by molar-refractivity contribution is 0.165. The molecule has 2 saturated carbocycles. The van der Waals surface area contributed by atoms with E-state index in [0.717, 1.165) is 40.6 Å². The van der Waals surface area contributed by atoms with Crippen molar-refractivity contribution in [3.8, 4) is 11.4 Å². The van der Waals surface area contributed by atoms with Gasteiger partial charge in [-0.3, -0.25) is 0 Å². The molecule has 0 saturated heterocycles. The second-order valence-corrected chi connectivity index (χ2v) is 8.84. The van der Waals surface area contributed by atoms with Crippen LogP contribution in [0.25, 0.3) is 11.4 Å². The summed E-state index contributed by atoms with van der Waals surface area (Å²) in [5.74, 6) is 4.57. The van der Waals surface area contributed by atoms with Gasteiger partial charge < -0.3 is 0 Å². The van der Waals surface area contributed by atoms with Crippen LogP contribution < -0.4 is 0 Å². The zero-order valence-corrected chi connectivity index (χ0v) is 16.3. The summed E-state index contributed by atoms with van der Waals surface area (Å²) in [5.41, 5.74) is 3.74. The van der Waals surface area contributed by atoms with Crippen LogP contribution in [-0.4, -0.2) is 9.97 Å². The average molecular weight is 349 g/mol. The molecule has 0 aliphatic heterocycles. The van der Waals surface area contributed by atoms with Gasteiger partial charge in [0, 0.05) is 18.0 Å². The van der Waals surface area contributed by atoms with Crippen LogP contribution in [0, 0.1) is 24.7 Å². The number of nitrogens with zero attached hydrogens (tertiary/aromatic N) is 2. The Balaban J connectivity index is 1.35. The molecule has 4 rings (SSSR count). The maximum Gasteiger partial charge on any atom is 0.159 e. The first kappa shape index (κ1) is 17.7. The molecule has 2 aliphatic rings. The zero-order valence-electron chi connectivity index (χ0n) is 16.3. The quantitative estimate of drug-likeness (QED) is 0.628. The second kappa shape index (κ2) is 7.90. The summed E-state index contributed by atoms with van der Waals surface area (Å²) < 4.78 is 0. The molecule has 1 aromatic heterocycles. The van der Waals surface area contributed by atoms with Crippen molar-refractivity contribution < 1.29 is 0 Å². The first-order valence-electron chi connectivity index (χ1n) is 10.6. The lowest BCUT2D eigenvalue weighted by Crippen LogP contribution is -2.24. The van der Waals surface area contributed by atoms with Crippen molar-refractivity contribution in [3.05, 3.63) is 47.8 Å². The topological polar surface area (TPSA) is 25.8 Å². The molecule has 0 N–H and O–H groups in total. The highest BCUT2D eigenvalue weighted by molar-refractivity contribution is 5.55. The van der Waals surface area contributed by atoms with Crippen molar-refractivity contribution in [3.63, 3.8) is 0 Å². The summed E-state index contributed by atoms with van der Waals surface area (Å²) in [4.78, 5) is 8.89. The molecule has 0 atom stereocenters. The zero-order chi connectivity index (χ0) is 17.9. The lowest BCUT2D eigenvalue weighted by atomic mass is 9.68. The smallest absolute Gasteiger partial charge is 0.159 e. The molecule has 1 heterocycles. The van der Waals surface area contributed by atoms with Crippen molar-refractivity contribution in [2.45, 2.75) is 71.1 Å². The highest BCUT2D eigenvalue weighted by Gasteiger charge is 2.30. The molecular formula is C24H32N2.